The van der Waals surface area contributed by atoms with Gasteiger partial charge in [-0.05, 0) is 30.1 Å². The van der Waals surface area contributed by atoms with Gasteiger partial charge in [0.1, 0.15) is 7.11 Å². The number of oxime groups is 1. The molecule has 0 spiro atoms. The first-order chi connectivity index (χ1) is 15.6. The molecule has 3 aromatic rings. The molecule has 0 atom stereocenters. The van der Waals surface area contributed by atoms with Crippen molar-refractivity contribution in [3.63, 3.8) is 0 Å². The monoisotopic (exact) mass is 470 g/mol. The molecule has 2 aromatic carbocycles. The molecule has 0 bridgehead atoms. The van der Waals surface area contributed by atoms with Crippen molar-refractivity contribution in [1.29, 1.82) is 0 Å². The highest BCUT2D eigenvalue weighted by Gasteiger charge is 2.24. The molecule has 0 unspecified atom stereocenters. The second kappa shape index (κ2) is 11.5. The van der Waals surface area contributed by atoms with Crippen molar-refractivity contribution in [2.75, 3.05) is 25.7 Å². The molecule has 0 radical (unpaired) electrons. The van der Waals surface area contributed by atoms with Gasteiger partial charge in [-0.1, -0.05) is 61.5 Å². The van der Waals surface area contributed by atoms with Gasteiger partial charge in [-0.3, -0.25) is 0 Å². The number of methoxy groups -OCH3 is 1. The summed E-state index contributed by atoms with van der Waals surface area (Å²) >= 11 is 3.95. The minimum atomic E-state index is -0.521. The van der Waals surface area contributed by atoms with Gasteiger partial charge >= 0.3 is 5.97 Å². The SMILES string of the molecule is CCSC(SCC)c1c(C)n(Cc2ccccc2/C(=N\OC)C(=O)OC)c2ccccc12. The first-order valence-corrected chi connectivity index (χ1v) is 12.8. The number of aromatic nitrogens is 1. The number of rotatable bonds is 10. The fraction of sp³-hybridized carbons (Fsp3) is 0.360. The Kier molecular flexibility index (Phi) is 8.70. The maximum absolute atomic E-state index is 12.4. The van der Waals surface area contributed by atoms with Crippen molar-refractivity contribution in [3.8, 4) is 0 Å². The number of benzene rings is 2. The molecule has 170 valence electrons. The predicted molar refractivity (Wildman–Crippen MR) is 137 cm³/mol. The normalized spacial score (nSPS) is 11.9. The summed E-state index contributed by atoms with van der Waals surface area (Å²) in [5.74, 6) is 1.61. The summed E-state index contributed by atoms with van der Waals surface area (Å²) in [5, 5.41) is 5.25. The van der Waals surface area contributed by atoms with Crippen LogP contribution in [-0.2, 0) is 20.9 Å². The number of nitrogens with zero attached hydrogens (tertiary/aromatic N) is 2. The van der Waals surface area contributed by atoms with Gasteiger partial charge in [-0.25, -0.2) is 4.79 Å². The highest BCUT2D eigenvalue weighted by atomic mass is 32.2. The Hall–Kier alpha value is -2.38. The molecule has 3 rings (SSSR count). The highest BCUT2D eigenvalue weighted by molar-refractivity contribution is 8.16. The molecule has 0 amide bonds. The van der Waals surface area contributed by atoms with E-state index in [1.54, 1.807) is 0 Å². The Balaban J connectivity index is 2.15. The second-order valence-electron chi connectivity index (χ2n) is 7.12. The molecule has 5 nitrogen and oxygen atoms in total. The predicted octanol–water partition coefficient (Wildman–Crippen LogP) is 6.03. The Morgan fingerprint density at radius 3 is 2.34 bits per heavy atom. The van der Waals surface area contributed by atoms with Crippen molar-refractivity contribution in [2.45, 2.75) is 31.9 Å². The van der Waals surface area contributed by atoms with Crippen LogP contribution in [0.3, 0.4) is 0 Å². The smallest absolute Gasteiger partial charge is 0.360 e. The quantitative estimate of drug-likeness (QED) is 0.157. The van der Waals surface area contributed by atoms with E-state index in [1.807, 2.05) is 47.8 Å². The fourth-order valence-corrected chi connectivity index (χ4v) is 6.66. The summed E-state index contributed by atoms with van der Waals surface area (Å²) in [7, 11) is 2.78. The van der Waals surface area contributed by atoms with E-state index in [-0.39, 0.29) is 5.71 Å². The molecule has 0 aliphatic rings. The molecule has 7 heteroatoms. The zero-order valence-electron chi connectivity index (χ0n) is 19.3. The lowest BCUT2D eigenvalue weighted by Gasteiger charge is -2.17. The van der Waals surface area contributed by atoms with Gasteiger partial charge in [0.25, 0.3) is 0 Å². The van der Waals surface area contributed by atoms with Gasteiger partial charge in [-0.15, -0.1) is 23.5 Å². The molecule has 1 heterocycles. The molecule has 0 aliphatic carbocycles. The van der Waals surface area contributed by atoms with E-state index in [0.717, 1.165) is 17.1 Å². The number of esters is 1. The van der Waals surface area contributed by atoms with Crippen molar-refractivity contribution < 1.29 is 14.4 Å². The van der Waals surface area contributed by atoms with Crippen LogP contribution in [0.2, 0.25) is 0 Å². The Morgan fingerprint density at radius 2 is 1.69 bits per heavy atom. The van der Waals surface area contributed by atoms with E-state index in [2.05, 4.69) is 54.8 Å². The van der Waals surface area contributed by atoms with Gasteiger partial charge in [0, 0.05) is 34.3 Å². The summed E-state index contributed by atoms with van der Waals surface area (Å²) in [6, 6.07) is 16.3. The van der Waals surface area contributed by atoms with E-state index < -0.39 is 5.97 Å². The molecule has 0 saturated heterocycles. The summed E-state index contributed by atoms with van der Waals surface area (Å²) in [5.41, 5.74) is 5.68. The molecular weight excluding hydrogens is 440 g/mol. The summed E-state index contributed by atoms with van der Waals surface area (Å²) in [6.45, 7) is 7.23. The fourth-order valence-electron chi connectivity index (χ4n) is 3.92. The standard InChI is InChI=1S/C25H30N2O3S2/c1-6-31-25(32-7-2)22-17(3)27(21-15-11-10-14-20(21)22)16-18-12-8-9-13-19(18)23(26-30-5)24(28)29-4/h8-15,25H,6-7,16H2,1-5H3/b26-23+. The molecule has 0 aliphatic heterocycles. The summed E-state index contributed by atoms with van der Waals surface area (Å²) in [6.07, 6.45) is 0. The lowest BCUT2D eigenvalue weighted by Crippen LogP contribution is -2.20. The third-order valence-electron chi connectivity index (χ3n) is 5.31. The first-order valence-electron chi connectivity index (χ1n) is 10.7. The van der Waals surface area contributed by atoms with Crippen LogP contribution in [0.15, 0.2) is 53.7 Å². The molecule has 0 saturated carbocycles. The zero-order chi connectivity index (χ0) is 23.1. The molecule has 32 heavy (non-hydrogen) atoms. The van der Waals surface area contributed by atoms with Crippen molar-refractivity contribution in [3.05, 3.63) is 70.9 Å². The first kappa shape index (κ1) is 24.3. The summed E-state index contributed by atoms with van der Waals surface area (Å²) < 4.78 is 7.67. The number of ether oxygens (including phenoxy) is 1. The number of hydrogen-bond acceptors (Lipinski definition) is 6. The zero-order valence-corrected chi connectivity index (χ0v) is 20.9. The third-order valence-corrected chi connectivity index (χ3v) is 7.87. The maximum Gasteiger partial charge on any atom is 0.360 e. The Morgan fingerprint density at radius 1 is 1.03 bits per heavy atom. The average molecular weight is 471 g/mol. The highest BCUT2D eigenvalue weighted by Crippen LogP contribution is 2.45. The lowest BCUT2D eigenvalue weighted by atomic mass is 10.0. The van der Waals surface area contributed by atoms with E-state index in [4.69, 9.17) is 9.57 Å². The maximum atomic E-state index is 12.4. The van der Waals surface area contributed by atoms with Crippen molar-refractivity contribution >= 4 is 46.1 Å². The number of thioether (sulfide) groups is 2. The van der Waals surface area contributed by atoms with Gasteiger partial charge in [0.2, 0.25) is 0 Å². The van der Waals surface area contributed by atoms with Crippen LogP contribution < -0.4 is 0 Å². The van der Waals surface area contributed by atoms with Crippen LogP contribution >= 0.6 is 23.5 Å². The molecule has 0 fully saturated rings. The lowest BCUT2D eigenvalue weighted by molar-refractivity contribution is -0.132. The van der Waals surface area contributed by atoms with Crippen LogP contribution in [-0.4, -0.2) is 42.0 Å². The van der Waals surface area contributed by atoms with Crippen molar-refractivity contribution in [1.82, 2.24) is 4.57 Å². The number of para-hydroxylation sites is 1. The third kappa shape index (κ3) is 4.99. The minimum Gasteiger partial charge on any atom is -0.464 e. The molecule has 1 aromatic heterocycles. The van der Waals surface area contributed by atoms with Crippen LogP contribution in [0.5, 0.6) is 0 Å². The van der Waals surface area contributed by atoms with E-state index >= 15 is 0 Å². The largest absolute Gasteiger partial charge is 0.464 e. The number of fused-ring (bicyclic) bond motifs is 1. The van der Waals surface area contributed by atoms with Gasteiger partial charge in [0.15, 0.2) is 5.71 Å². The number of carbonyl (C=O) groups is 1. The average Bonchev–Trinajstić information content (AvgIpc) is 3.08. The van der Waals surface area contributed by atoms with Gasteiger partial charge < -0.3 is 14.1 Å². The van der Waals surface area contributed by atoms with E-state index in [0.29, 0.717) is 16.7 Å². The summed E-state index contributed by atoms with van der Waals surface area (Å²) in [4.78, 5) is 17.3. The minimum absolute atomic E-state index is 0.167. The second-order valence-corrected chi connectivity index (χ2v) is 10.2. The molecular formula is C25H30N2O3S2. The van der Waals surface area contributed by atoms with E-state index in [9.17, 15) is 4.79 Å². The molecule has 0 N–H and O–H groups in total. The van der Waals surface area contributed by atoms with Gasteiger partial charge in [0.05, 0.1) is 11.7 Å². The number of carbonyl (C=O) groups excluding carboxylic acids is 1. The number of hydrogen-bond donors (Lipinski definition) is 0. The Labute approximate surface area is 198 Å². The van der Waals surface area contributed by atoms with Gasteiger partial charge in [-0.2, -0.15) is 0 Å². The van der Waals surface area contributed by atoms with Crippen LogP contribution in [0, 0.1) is 6.92 Å². The Bertz CT molecular complexity index is 1100. The van der Waals surface area contributed by atoms with Crippen LogP contribution in [0.1, 0.15) is 40.8 Å². The topological polar surface area (TPSA) is 52.8 Å². The van der Waals surface area contributed by atoms with Crippen LogP contribution in [0.4, 0.5) is 0 Å². The van der Waals surface area contributed by atoms with Crippen molar-refractivity contribution in [2.24, 2.45) is 5.16 Å². The van der Waals surface area contributed by atoms with E-state index in [1.165, 1.54) is 36.4 Å². The van der Waals surface area contributed by atoms with Crippen LogP contribution in [0.25, 0.3) is 10.9 Å².